The Morgan fingerprint density at radius 3 is 2.20 bits per heavy atom. The molecule has 1 aliphatic rings. The van der Waals surface area contributed by atoms with E-state index in [2.05, 4.69) is 12.2 Å². The zero-order chi connectivity index (χ0) is 18.2. The second-order valence-electron chi connectivity index (χ2n) is 6.30. The van der Waals surface area contributed by atoms with Gasteiger partial charge in [-0.3, -0.25) is 9.59 Å². The van der Waals surface area contributed by atoms with Gasteiger partial charge in [0.15, 0.2) is 5.92 Å². The van der Waals surface area contributed by atoms with E-state index in [1.54, 1.807) is 0 Å². The molecule has 25 heavy (non-hydrogen) atoms. The molecule has 0 fully saturated rings. The lowest BCUT2D eigenvalue weighted by molar-refractivity contribution is -0.160. The molecule has 0 aromatic heterocycles. The standard InChI is InChI=1S/C21H26O4/c1-15(19(20(22)24-2)21(23)25-3)18(17-12-8-5-9-13-17)14-16-10-6-4-7-11-16/h4,6-7,10-12,14-15,19H,5,8-9,13H2,1-3H3/b18-14-. The summed E-state index contributed by atoms with van der Waals surface area (Å²) in [5.41, 5.74) is 3.26. The second-order valence-corrected chi connectivity index (χ2v) is 6.30. The number of methoxy groups -OCH3 is 2. The van der Waals surface area contributed by atoms with Crippen molar-refractivity contribution in [2.45, 2.75) is 32.6 Å². The van der Waals surface area contributed by atoms with E-state index in [1.165, 1.54) is 26.2 Å². The Morgan fingerprint density at radius 1 is 1.04 bits per heavy atom. The highest BCUT2D eigenvalue weighted by Gasteiger charge is 2.37. The quantitative estimate of drug-likeness (QED) is 0.575. The summed E-state index contributed by atoms with van der Waals surface area (Å²) in [6.45, 7) is 1.89. The van der Waals surface area contributed by atoms with E-state index in [-0.39, 0.29) is 5.92 Å². The maximum absolute atomic E-state index is 12.2. The summed E-state index contributed by atoms with van der Waals surface area (Å²) in [4.78, 5) is 24.4. The molecule has 1 atom stereocenters. The monoisotopic (exact) mass is 342 g/mol. The summed E-state index contributed by atoms with van der Waals surface area (Å²) in [6.07, 6.45) is 8.56. The number of carbonyl (C=O) groups is 2. The van der Waals surface area contributed by atoms with Gasteiger partial charge in [0.05, 0.1) is 14.2 Å². The summed E-state index contributed by atoms with van der Waals surface area (Å²) >= 11 is 0. The minimum atomic E-state index is -0.965. The Labute approximate surface area is 149 Å². The molecule has 4 nitrogen and oxygen atoms in total. The topological polar surface area (TPSA) is 52.6 Å². The van der Waals surface area contributed by atoms with Crippen molar-refractivity contribution in [3.8, 4) is 0 Å². The van der Waals surface area contributed by atoms with Crippen LogP contribution in [-0.2, 0) is 19.1 Å². The van der Waals surface area contributed by atoms with Gasteiger partial charge in [0, 0.05) is 5.92 Å². The van der Waals surface area contributed by atoms with E-state index < -0.39 is 17.9 Å². The van der Waals surface area contributed by atoms with E-state index in [0.717, 1.165) is 30.4 Å². The van der Waals surface area contributed by atoms with Gasteiger partial charge in [-0.15, -0.1) is 0 Å². The highest BCUT2D eigenvalue weighted by atomic mass is 16.5. The minimum absolute atomic E-state index is 0.329. The van der Waals surface area contributed by atoms with E-state index in [1.807, 2.05) is 37.3 Å². The normalized spacial score (nSPS) is 16.2. The Kier molecular flexibility index (Phi) is 6.99. The number of hydrogen-bond acceptors (Lipinski definition) is 4. The number of benzene rings is 1. The molecule has 1 aliphatic carbocycles. The van der Waals surface area contributed by atoms with Crippen LogP contribution < -0.4 is 0 Å². The fourth-order valence-corrected chi connectivity index (χ4v) is 3.28. The Hall–Kier alpha value is -2.36. The summed E-state index contributed by atoms with van der Waals surface area (Å²) in [7, 11) is 2.59. The molecule has 0 saturated heterocycles. The predicted octanol–water partition coefficient (Wildman–Crippen LogP) is 4.17. The lowest BCUT2D eigenvalue weighted by atomic mass is 9.79. The van der Waals surface area contributed by atoms with Crippen LogP contribution in [0, 0.1) is 11.8 Å². The van der Waals surface area contributed by atoms with E-state index in [0.29, 0.717) is 0 Å². The molecule has 1 unspecified atom stereocenters. The average Bonchev–Trinajstić information content (AvgIpc) is 2.67. The first-order valence-electron chi connectivity index (χ1n) is 8.70. The predicted molar refractivity (Wildman–Crippen MR) is 97.7 cm³/mol. The molecule has 1 aromatic rings. The number of hydrogen-bond donors (Lipinski definition) is 0. The van der Waals surface area contributed by atoms with Crippen molar-refractivity contribution >= 4 is 18.0 Å². The lowest BCUT2D eigenvalue weighted by Gasteiger charge is -2.26. The fraction of sp³-hybridized carbons (Fsp3) is 0.429. The molecule has 0 radical (unpaired) electrons. The van der Waals surface area contributed by atoms with Crippen molar-refractivity contribution in [2.75, 3.05) is 14.2 Å². The number of esters is 2. The van der Waals surface area contributed by atoms with Gasteiger partial charge >= 0.3 is 11.9 Å². The molecule has 0 saturated carbocycles. The maximum atomic E-state index is 12.2. The van der Waals surface area contributed by atoms with Gasteiger partial charge in [-0.25, -0.2) is 0 Å². The largest absolute Gasteiger partial charge is 0.468 e. The number of carbonyl (C=O) groups excluding carboxylic acids is 2. The van der Waals surface area contributed by atoms with Gasteiger partial charge < -0.3 is 9.47 Å². The maximum Gasteiger partial charge on any atom is 0.320 e. The van der Waals surface area contributed by atoms with Crippen molar-refractivity contribution in [2.24, 2.45) is 11.8 Å². The summed E-state index contributed by atoms with van der Waals surface area (Å²) < 4.78 is 9.72. The van der Waals surface area contributed by atoms with Crippen LogP contribution in [0.25, 0.3) is 6.08 Å². The molecular formula is C21H26O4. The Balaban J connectivity index is 2.46. The fourth-order valence-electron chi connectivity index (χ4n) is 3.28. The molecule has 4 heteroatoms. The van der Waals surface area contributed by atoms with Gasteiger partial charge in [-0.05, 0) is 42.4 Å². The third-order valence-electron chi connectivity index (χ3n) is 4.68. The molecule has 0 aliphatic heterocycles. The Morgan fingerprint density at radius 2 is 1.68 bits per heavy atom. The van der Waals surface area contributed by atoms with E-state index >= 15 is 0 Å². The van der Waals surface area contributed by atoms with Gasteiger partial charge in [0.25, 0.3) is 0 Å². The van der Waals surface area contributed by atoms with Crippen molar-refractivity contribution in [3.05, 3.63) is 53.1 Å². The van der Waals surface area contributed by atoms with Crippen LogP contribution >= 0.6 is 0 Å². The van der Waals surface area contributed by atoms with Crippen LogP contribution in [0.1, 0.15) is 38.2 Å². The van der Waals surface area contributed by atoms with Crippen LogP contribution in [0.15, 0.2) is 47.6 Å². The molecule has 0 spiro atoms. The van der Waals surface area contributed by atoms with E-state index in [4.69, 9.17) is 9.47 Å². The van der Waals surface area contributed by atoms with Crippen molar-refractivity contribution in [1.82, 2.24) is 0 Å². The number of ether oxygens (including phenoxy) is 2. The molecule has 0 N–H and O–H groups in total. The first kappa shape index (κ1) is 19.0. The van der Waals surface area contributed by atoms with E-state index in [9.17, 15) is 9.59 Å². The second kappa shape index (κ2) is 9.21. The Bertz CT molecular complexity index is 642. The highest BCUT2D eigenvalue weighted by Crippen LogP contribution is 2.34. The molecule has 0 amide bonds. The zero-order valence-electron chi connectivity index (χ0n) is 15.2. The third kappa shape index (κ3) is 4.81. The lowest BCUT2D eigenvalue weighted by Crippen LogP contribution is -2.33. The van der Waals surface area contributed by atoms with Crippen molar-refractivity contribution in [1.29, 1.82) is 0 Å². The SMILES string of the molecule is COC(=O)C(C(=O)OC)C(C)/C(=C/c1ccccc1)C1=CCCCC1. The van der Waals surface area contributed by atoms with Crippen LogP contribution in [-0.4, -0.2) is 26.2 Å². The van der Waals surface area contributed by atoms with Crippen LogP contribution in [0.5, 0.6) is 0 Å². The van der Waals surface area contributed by atoms with Gasteiger partial charge in [-0.2, -0.15) is 0 Å². The number of allylic oxidation sites excluding steroid dienone is 3. The zero-order valence-corrected chi connectivity index (χ0v) is 15.2. The van der Waals surface area contributed by atoms with Crippen LogP contribution in [0.4, 0.5) is 0 Å². The van der Waals surface area contributed by atoms with Crippen LogP contribution in [0.2, 0.25) is 0 Å². The first-order chi connectivity index (χ1) is 12.1. The average molecular weight is 342 g/mol. The highest BCUT2D eigenvalue weighted by molar-refractivity contribution is 5.96. The minimum Gasteiger partial charge on any atom is -0.468 e. The van der Waals surface area contributed by atoms with Crippen molar-refractivity contribution < 1.29 is 19.1 Å². The third-order valence-corrected chi connectivity index (χ3v) is 4.68. The smallest absolute Gasteiger partial charge is 0.320 e. The summed E-state index contributed by atoms with van der Waals surface area (Å²) in [5.74, 6) is -2.42. The molecule has 2 rings (SSSR count). The molecule has 134 valence electrons. The summed E-state index contributed by atoms with van der Waals surface area (Å²) in [6, 6.07) is 9.94. The molecular weight excluding hydrogens is 316 g/mol. The molecule has 1 aromatic carbocycles. The van der Waals surface area contributed by atoms with Gasteiger partial charge in [0.2, 0.25) is 0 Å². The summed E-state index contributed by atoms with van der Waals surface area (Å²) in [5, 5.41) is 0. The molecule has 0 heterocycles. The van der Waals surface area contributed by atoms with Crippen molar-refractivity contribution in [3.63, 3.8) is 0 Å². The van der Waals surface area contributed by atoms with Gasteiger partial charge in [-0.1, -0.05) is 49.4 Å². The molecule has 0 bridgehead atoms. The first-order valence-corrected chi connectivity index (χ1v) is 8.70. The number of rotatable bonds is 6. The van der Waals surface area contributed by atoms with Gasteiger partial charge in [0.1, 0.15) is 0 Å². The van der Waals surface area contributed by atoms with Crippen LogP contribution in [0.3, 0.4) is 0 Å².